The van der Waals surface area contributed by atoms with Gasteiger partial charge in [-0.2, -0.15) is 0 Å². The summed E-state index contributed by atoms with van der Waals surface area (Å²) in [4.78, 5) is 5.91. The maximum atomic E-state index is 13.8. The molecule has 0 aromatic heterocycles. The molecule has 1 aromatic carbocycles. The first kappa shape index (κ1) is 16.5. The Kier molecular flexibility index (Phi) is 5.94. The predicted molar refractivity (Wildman–Crippen MR) is 83.2 cm³/mol. The monoisotopic (exact) mass is 312 g/mol. The van der Waals surface area contributed by atoms with E-state index in [9.17, 15) is 8.78 Å². The zero-order valence-electron chi connectivity index (χ0n) is 12.6. The number of aliphatic hydroxyl groups is 1. The number of aliphatic hydroxyl groups excluding tert-OH is 1. The van der Waals surface area contributed by atoms with Crippen LogP contribution in [0.2, 0.25) is 0 Å². The van der Waals surface area contributed by atoms with Crippen molar-refractivity contribution in [3.63, 3.8) is 0 Å². The van der Waals surface area contributed by atoms with Gasteiger partial charge in [-0.1, -0.05) is 6.07 Å². The molecule has 0 saturated carbocycles. The minimum Gasteiger partial charge on any atom is -0.394 e. The van der Waals surface area contributed by atoms with Crippen molar-refractivity contribution < 1.29 is 13.9 Å². The number of nitrogens with zero attached hydrogens (tertiary/aromatic N) is 2. The first-order chi connectivity index (χ1) is 10.7. The van der Waals surface area contributed by atoms with Gasteiger partial charge in [0.2, 0.25) is 0 Å². The van der Waals surface area contributed by atoms with Crippen LogP contribution in [0.1, 0.15) is 13.3 Å². The number of guanidine groups is 1. The van der Waals surface area contributed by atoms with E-state index in [1.165, 1.54) is 18.2 Å². The number of rotatable bonds is 5. The lowest BCUT2D eigenvalue weighted by atomic mass is 10.2. The molecule has 2 rings (SSSR count). The van der Waals surface area contributed by atoms with Crippen LogP contribution >= 0.6 is 0 Å². The molecule has 0 amide bonds. The number of benzene rings is 1. The van der Waals surface area contributed by atoms with Crippen LogP contribution in [0.4, 0.5) is 14.5 Å². The van der Waals surface area contributed by atoms with Crippen molar-refractivity contribution in [3.8, 4) is 0 Å². The van der Waals surface area contributed by atoms with Gasteiger partial charge in [0.15, 0.2) is 5.96 Å². The third kappa shape index (κ3) is 4.07. The average Bonchev–Trinajstić information content (AvgIpc) is 2.93. The number of nitrogens with one attached hydrogen (secondary N) is 2. The fraction of sp³-hybridized carbons (Fsp3) is 0.533. The largest absolute Gasteiger partial charge is 0.394 e. The van der Waals surface area contributed by atoms with Crippen LogP contribution in [-0.2, 0) is 0 Å². The molecule has 1 aliphatic rings. The molecule has 5 nitrogen and oxygen atoms in total. The molecule has 0 radical (unpaired) electrons. The highest BCUT2D eigenvalue weighted by Crippen LogP contribution is 2.26. The zero-order chi connectivity index (χ0) is 15.9. The lowest BCUT2D eigenvalue weighted by molar-refractivity contribution is 0.306. The predicted octanol–water partition coefficient (Wildman–Crippen LogP) is 1.09. The Hall–Kier alpha value is -1.89. The third-order valence-electron chi connectivity index (χ3n) is 3.50. The lowest BCUT2D eigenvalue weighted by Crippen LogP contribution is -2.44. The number of aliphatic imine (C=N–C) groups is 1. The van der Waals surface area contributed by atoms with Crippen molar-refractivity contribution in [1.82, 2.24) is 10.6 Å². The highest BCUT2D eigenvalue weighted by atomic mass is 19.1. The van der Waals surface area contributed by atoms with Gasteiger partial charge in [0.05, 0.1) is 13.2 Å². The van der Waals surface area contributed by atoms with Crippen molar-refractivity contribution in [3.05, 3.63) is 29.8 Å². The Morgan fingerprint density at radius 1 is 1.41 bits per heavy atom. The maximum absolute atomic E-state index is 13.8. The van der Waals surface area contributed by atoms with Gasteiger partial charge in [-0.3, -0.25) is 4.99 Å². The molecule has 0 bridgehead atoms. The number of para-hydroxylation sites is 1. The highest BCUT2D eigenvalue weighted by Gasteiger charge is 2.27. The van der Waals surface area contributed by atoms with Crippen LogP contribution in [-0.4, -0.2) is 49.9 Å². The van der Waals surface area contributed by atoms with E-state index < -0.39 is 11.6 Å². The van der Waals surface area contributed by atoms with Crippen LogP contribution in [0.5, 0.6) is 0 Å². The minimum absolute atomic E-state index is 0.0200. The van der Waals surface area contributed by atoms with Gasteiger partial charge >= 0.3 is 0 Å². The smallest absolute Gasteiger partial charge is 0.191 e. The van der Waals surface area contributed by atoms with E-state index in [4.69, 9.17) is 5.11 Å². The van der Waals surface area contributed by atoms with Crippen LogP contribution in [0.3, 0.4) is 0 Å². The summed E-state index contributed by atoms with van der Waals surface area (Å²) in [7, 11) is 0. The fourth-order valence-electron chi connectivity index (χ4n) is 2.55. The minimum atomic E-state index is -0.540. The topological polar surface area (TPSA) is 59.9 Å². The molecule has 22 heavy (non-hydrogen) atoms. The molecule has 1 heterocycles. The van der Waals surface area contributed by atoms with Crippen LogP contribution in [0.25, 0.3) is 0 Å². The van der Waals surface area contributed by atoms with Crippen molar-refractivity contribution >= 4 is 11.6 Å². The van der Waals surface area contributed by atoms with Gasteiger partial charge in [-0.25, -0.2) is 8.78 Å². The quantitative estimate of drug-likeness (QED) is 0.563. The summed E-state index contributed by atoms with van der Waals surface area (Å²) in [5.41, 5.74) is 0.0316. The second kappa shape index (κ2) is 7.93. The van der Waals surface area contributed by atoms with Crippen LogP contribution < -0.4 is 15.5 Å². The summed E-state index contributed by atoms with van der Waals surface area (Å²) in [5, 5.41) is 15.2. The standard InChI is InChI=1S/C15H22F2N4O/c1-2-18-15(19-7-9-22)20-11-6-8-21(10-11)14-12(16)4-3-5-13(14)17/h3-5,11,22H,2,6-10H2,1H3,(H2,18,19,20). The van der Waals surface area contributed by atoms with Crippen LogP contribution in [0.15, 0.2) is 23.2 Å². The van der Waals surface area contributed by atoms with E-state index in [0.717, 1.165) is 6.42 Å². The molecule has 1 unspecified atom stereocenters. The number of hydrogen-bond acceptors (Lipinski definition) is 3. The molecule has 1 fully saturated rings. The molecule has 1 saturated heterocycles. The van der Waals surface area contributed by atoms with Gasteiger partial charge in [0.25, 0.3) is 0 Å². The van der Waals surface area contributed by atoms with Gasteiger partial charge in [0.1, 0.15) is 17.3 Å². The van der Waals surface area contributed by atoms with E-state index in [2.05, 4.69) is 15.6 Å². The summed E-state index contributed by atoms with van der Waals surface area (Å²) < 4.78 is 27.6. The van der Waals surface area contributed by atoms with E-state index in [1.807, 2.05) is 6.92 Å². The van der Waals surface area contributed by atoms with E-state index in [-0.39, 0.29) is 18.3 Å². The van der Waals surface area contributed by atoms with Crippen LogP contribution in [0, 0.1) is 11.6 Å². The highest BCUT2D eigenvalue weighted by molar-refractivity contribution is 5.80. The van der Waals surface area contributed by atoms with Crippen molar-refractivity contribution in [2.24, 2.45) is 4.99 Å². The van der Waals surface area contributed by atoms with E-state index in [1.54, 1.807) is 4.90 Å². The average molecular weight is 312 g/mol. The molecule has 1 aliphatic heterocycles. The first-order valence-electron chi connectivity index (χ1n) is 7.50. The number of halogens is 2. The van der Waals surface area contributed by atoms with Gasteiger partial charge in [-0.15, -0.1) is 0 Å². The summed E-state index contributed by atoms with van der Waals surface area (Å²) >= 11 is 0. The summed E-state index contributed by atoms with van der Waals surface area (Å²) in [6.07, 6.45) is 0.761. The molecular formula is C15H22F2N4O. The normalized spacial score (nSPS) is 18.6. The number of hydrogen-bond donors (Lipinski definition) is 3. The second-order valence-electron chi connectivity index (χ2n) is 5.13. The molecule has 0 aliphatic carbocycles. The molecule has 3 N–H and O–H groups in total. The van der Waals surface area contributed by atoms with Crippen molar-refractivity contribution in [2.75, 3.05) is 37.7 Å². The third-order valence-corrected chi connectivity index (χ3v) is 3.50. The fourth-order valence-corrected chi connectivity index (χ4v) is 2.55. The summed E-state index contributed by atoms with van der Waals surface area (Å²) in [6.45, 7) is 4.03. The van der Waals surface area contributed by atoms with Gasteiger partial charge in [0, 0.05) is 25.7 Å². The van der Waals surface area contributed by atoms with Gasteiger partial charge in [-0.05, 0) is 25.5 Å². The van der Waals surface area contributed by atoms with E-state index in [0.29, 0.717) is 32.1 Å². The Balaban J connectivity index is 2.00. The maximum Gasteiger partial charge on any atom is 0.191 e. The summed E-state index contributed by atoms with van der Waals surface area (Å²) in [5.74, 6) is -0.472. The SMILES string of the molecule is CCNC(=NCCO)NC1CCN(c2c(F)cccc2F)C1. The Morgan fingerprint density at radius 2 is 2.14 bits per heavy atom. The first-order valence-corrected chi connectivity index (χ1v) is 7.50. The summed E-state index contributed by atoms with van der Waals surface area (Å²) in [6, 6.07) is 3.96. The van der Waals surface area contributed by atoms with Gasteiger partial charge < -0.3 is 20.6 Å². The van der Waals surface area contributed by atoms with Crippen molar-refractivity contribution in [1.29, 1.82) is 0 Å². The Labute approximate surface area is 129 Å². The Morgan fingerprint density at radius 3 is 2.77 bits per heavy atom. The Bertz CT molecular complexity index is 504. The molecule has 7 heteroatoms. The van der Waals surface area contributed by atoms with Crippen molar-refractivity contribution in [2.45, 2.75) is 19.4 Å². The zero-order valence-corrected chi connectivity index (χ0v) is 12.6. The molecule has 1 aromatic rings. The number of anilines is 1. The molecule has 0 spiro atoms. The lowest BCUT2D eigenvalue weighted by Gasteiger charge is -2.21. The second-order valence-corrected chi connectivity index (χ2v) is 5.13. The molecule has 1 atom stereocenters. The molecule has 122 valence electrons. The van der Waals surface area contributed by atoms with E-state index >= 15 is 0 Å². The molecular weight excluding hydrogens is 290 g/mol.